The van der Waals surface area contributed by atoms with Gasteiger partial charge in [-0.1, -0.05) is 41.6 Å². The number of nitrogens with zero attached hydrogens (tertiary/aromatic N) is 1. The van der Waals surface area contributed by atoms with E-state index in [0.717, 1.165) is 5.56 Å². The molecule has 0 aliphatic rings. The Kier molecular flexibility index (Phi) is 5.91. The van der Waals surface area contributed by atoms with Gasteiger partial charge in [-0.25, -0.2) is 0 Å². The van der Waals surface area contributed by atoms with Crippen LogP contribution >= 0.6 is 35.6 Å². The molecule has 0 heterocycles. The number of thiocarbonyl (C=S) groups is 1. The van der Waals surface area contributed by atoms with Crippen molar-refractivity contribution in [3.63, 3.8) is 0 Å². The first-order valence-electron chi connectivity index (χ1n) is 5.30. The third-order valence-electron chi connectivity index (χ3n) is 2.09. The molecule has 3 nitrogen and oxygen atoms in total. The zero-order valence-corrected chi connectivity index (χ0v) is 12.9. The number of rotatable bonds is 3. The molecule has 1 rings (SSSR count). The van der Waals surface area contributed by atoms with Crippen LogP contribution in [-0.4, -0.2) is 35.0 Å². The zero-order chi connectivity index (χ0) is 13.7. The van der Waals surface area contributed by atoms with Crippen molar-refractivity contribution in [3.05, 3.63) is 28.8 Å². The summed E-state index contributed by atoms with van der Waals surface area (Å²) in [5.41, 5.74) is 1.68. The van der Waals surface area contributed by atoms with Gasteiger partial charge in [0.05, 0.1) is 16.5 Å². The van der Waals surface area contributed by atoms with Crippen LogP contribution in [0.25, 0.3) is 0 Å². The molecule has 0 unspecified atom stereocenters. The topological polar surface area (TPSA) is 32.3 Å². The quantitative estimate of drug-likeness (QED) is 0.869. The van der Waals surface area contributed by atoms with Crippen molar-refractivity contribution in [2.75, 3.05) is 25.2 Å². The lowest BCUT2D eigenvalue weighted by molar-refractivity contribution is -0.113. The smallest absolute Gasteiger partial charge is 0.234 e. The minimum absolute atomic E-state index is 0.116. The second kappa shape index (κ2) is 6.97. The molecule has 1 aromatic carbocycles. The number of thioether (sulfide) groups is 1. The lowest BCUT2D eigenvalue weighted by Crippen LogP contribution is -2.20. The first-order valence-corrected chi connectivity index (χ1v) is 7.07. The Labute approximate surface area is 122 Å². The van der Waals surface area contributed by atoms with Crippen molar-refractivity contribution in [3.8, 4) is 0 Å². The van der Waals surface area contributed by atoms with Crippen LogP contribution in [0.3, 0.4) is 0 Å². The van der Waals surface area contributed by atoms with Crippen LogP contribution in [0.1, 0.15) is 5.56 Å². The van der Waals surface area contributed by atoms with Crippen molar-refractivity contribution in [2.24, 2.45) is 0 Å². The average molecular weight is 303 g/mol. The number of halogens is 1. The van der Waals surface area contributed by atoms with E-state index in [9.17, 15) is 4.79 Å². The highest BCUT2D eigenvalue weighted by molar-refractivity contribution is 8.23. The molecule has 0 saturated heterocycles. The van der Waals surface area contributed by atoms with E-state index < -0.39 is 0 Å². The van der Waals surface area contributed by atoms with E-state index in [-0.39, 0.29) is 11.7 Å². The van der Waals surface area contributed by atoms with Crippen LogP contribution in [0.5, 0.6) is 0 Å². The summed E-state index contributed by atoms with van der Waals surface area (Å²) in [6, 6.07) is 5.51. The van der Waals surface area contributed by atoms with Crippen LogP contribution < -0.4 is 5.32 Å². The summed E-state index contributed by atoms with van der Waals surface area (Å²) in [6.07, 6.45) is 0. The summed E-state index contributed by atoms with van der Waals surface area (Å²) in [6.45, 7) is 1.95. The van der Waals surface area contributed by atoms with Gasteiger partial charge in [-0.2, -0.15) is 0 Å². The van der Waals surface area contributed by atoms with E-state index in [0.29, 0.717) is 15.0 Å². The van der Waals surface area contributed by atoms with Gasteiger partial charge in [0.15, 0.2) is 0 Å². The standard InChI is InChI=1S/C12H15ClN2OS2/c1-8-4-5-10(9(13)6-8)14-11(16)7-18-12(17)15(2)3/h4-6H,7H2,1-3H3,(H,14,16). The number of carbonyl (C=O) groups excluding carboxylic acids is 1. The van der Waals surface area contributed by atoms with Crippen molar-refractivity contribution in [1.82, 2.24) is 4.90 Å². The molecule has 0 saturated carbocycles. The third-order valence-corrected chi connectivity index (χ3v) is 4.14. The Hall–Kier alpha value is -0.780. The summed E-state index contributed by atoms with van der Waals surface area (Å²) in [4.78, 5) is 13.5. The van der Waals surface area contributed by atoms with Gasteiger partial charge in [0.1, 0.15) is 4.32 Å². The lowest BCUT2D eigenvalue weighted by Gasteiger charge is -2.12. The van der Waals surface area contributed by atoms with E-state index in [1.54, 1.807) is 11.0 Å². The van der Waals surface area contributed by atoms with Crippen LogP contribution in [-0.2, 0) is 4.79 Å². The number of hydrogen-bond acceptors (Lipinski definition) is 3. The summed E-state index contributed by atoms with van der Waals surface area (Å²) in [7, 11) is 3.70. The molecule has 18 heavy (non-hydrogen) atoms. The maximum absolute atomic E-state index is 11.7. The van der Waals surface area contributed by atoms with Crippen molar-refractivity contribution in [2.45, 2.75) is 6.92 Å². The van der Waals surface area contributed by atoms with Gasteiger partial charge in [-0.05, 0) is 24.6 Å². The highest BCUT2D eigenvalue weighted by Crippen LogP contribution is 2.22. The van der Waals surface area contributed by atoms with Crippen LogP contribution in [0.15, 0.2) is 18.2 Å². The summed E-state index contributed by atoms with van der Waals surface area (Å²) < 4.78 is 0.681. The minimum atomic E-state index is -0.116. The normalized spacial score (nSPS) is 10.0. The van der Waals surface area contributed by atoms with Gasteiger partial charge >= 0.3 is 0 Å². The van der Waals surface area contributed by atoms with Crippen LogP contribution in [0.2, 0.25) is 5.02 Å². The average Bonchev–Trinajstić information content (AvgIpc) is 2.29. The van der Waals surface area contributed by atoms with Crippen molar-refractivity contribution in [1.29, 1.82) is 0 Å². The van der Waals surface area contributed by atoms with Crippen molar-refractivity contribution < 1.29 is 4.79 Å². The number of amides is 1. The molecule has 0 atom stereocenters. The molecule has 0 bridgehead atoms. The molecule has 1 amide bonds. The van der Waals surface area contributed by atoms with Gasteiger partial charge in [0.25, 0.3) is 0 Å². The van der Waals surface area contributed by atoms with Gasteiger partial charge in [-0.15, -0.1) is 0 Å². The molecule has 0 aliphatic carbocycles. The Morgan fingerprint density at radius 2 is 2.17 bits per heavy atom. The lowest BCUT2D eigenvalue weighted by atomic mass is 10.2. The molecule has 1 N–H and O–H groups in total. The highest BCUT2D eigenvalue weighted by atomic mass is 35.5. The summed E-state index contributed by atoms with van der Waals surface area (Å²) in [5.74, 6) is 0.163. The Morgan fingerprint density at radius 1 is 1.50 bits per heavy atom. The highest BCUT2D eigenvalue weighted by Gasteiger charge is 2.08. The largest absolute Gasteiger partial charge is 0.364 e. The molecule has 0 aromatic heterocycles. The molecule has 98 valence electrons. The van der Waals surface area contributed by atoms with Gasteiger partial charge in [-0.3, -0.25) is 4.79 Å². The zero-order valence-electron chi connectivity index (χ0n) is 10.5. The number of benzene rings is 1. The number of hydrogen-bond donors (Lipinski definition) is 1. The van der Waals surface area contributed by atoms with Crippen LogP contribution in [0, 0.1) is 6.92 Å². The molecule has 0 fully saturated rings. The van der Waals surface area contributed by atoms with Gasteiger partial charge < -0.3 is 10.2 Å². The first-order chi connectivity index (χ1) is 8.40. The molecular formula is C12H15ClN2OS2. The first kappa shape index (κ1) is 15.3. The van der Waals surface area contributed by atoms with E-state index >= 15 is 0 Å². The predicted molar refractivity (Wildman–Crippen MR) is 83.6 cm³/mol. The number of nitrogens with one attached hydrogen (secondary N) is 1. The Morgan fingerprint density at radius 3 is 2.72 bits per heavy atom. The maximum Gasteiger partial charge on any atom is 0.234 e. The molecule has 0 spiro atoms. The van der Waals surface area contributed by atoms with E-state index in [1.807, 2.05) is 33.2 Å². The van der Waals surface area contributed by atoms with Gasteiger partial charge in [0, 0.05) is 14.1 Å². The number of aryl methyl sites for hydroxylation is 1. The second-order valence-corrected chi connectivity index (χ2v) is 6.00. The Bertz CT molecular complexity index is 463. The van der Waals surface area contributed by atoms with Gasteiger partial charge in [0.2, 0.25) is 5.91 Å². The third kappa shape index (κ3) is 4.84. The fourth-order valence-corrected chi connectivity index (χ4v) is 2.21. The molecule has 6 heteroatoms. The molecule has 0 radical (unpaired) electrons. The number of carbonyl (C=O) groups is 1. The molecule has 1 aromatic rings. The minimum Gasteiger partial charge on any atom is -0.364 e. The van der Waals surface area contributed by atoms with E-state index in [2.05, 4.69) is 5.32 Å². The van der Waals surface area contributed by atoms with Crippen molar-refractivity contribution >= 4 is 51.5 Å². The number of anilines is 1. The SMILES string of the molecule is Cc1ccc(NC(=O)CSC(=S)N(C)C)c(Cl)c1. The van der Waals surface area contributed by atoms with E-state index in [4.69, 9.17) is 23.8 Å². The molecular weight excluding hydrogens is 288 g/mol. The maximum atomic E-state index is 11.7. The van der Waals surface area contributed by atoms with E-state index in [1.165, 1.54) is 11.8 Å². The van der Waals surface area contributed by atoms with Crippen LogP contribution in [0.4, 0.5) is 5.69 Å². The molecule has 0 aliphatic heterocycles. The fourth-order valence-electron chi connectivity index (χ4n) is 1.16. The predicted octanol–water partition coefficient (Wildman–Crippen LogP) is 3.17. The fraction of sp³-hybridized carbons (Fsp3) is 0.333. The monoisotopic (exact) mass is 302 g/mol. The summed E-state index contributed by atoms with van der Waals surface area (Å²) >= 11 is 12.4. The second-order valence-electron chi connectivity index (χ2n) is 3.98. The summed E-state index contributed by atoms with van der Waals surface area (Å²) in [5, 5.41) is 3.31. The Balaban J connectivity index is 2.52.